The average Bonchev–Trinajstić information content (AvgIpc) is 3.25. The molecule has 0 unspecified atom stereocenters. The molecule has 1 N–H and O–H groups in total. The van der Waals surface area contributed by atoms with E-state index in [1.807, 2.05) is 30.3 Å². The van der Waals surface area contributed by atoms with Crippen LogP contribution in [0.1, 0.15) is 0 Å². The first-order valence-electron chi connectivity index (χ1n) is 12.3. The molecule has 0 radical (unpaired) electrons. The smallest absolute Gasteiger partial charge is 0.278 e. The van der Waals surface area contributed by atoms with E-state index in [0.29, 0.717) is 34.3 Å². The van der Waals surface area contributed by atoms with Gasteiger partial charge in [-0.1, -0.05) is 12.1 Å². The molecule has 5 heterocycles. The van der Waals surface area contributed by atoms with Gasteiger partial charge >= 0.3 is 0 Å². The molecule has 0 saturated carbocycles. The molecule has 5 aromatic rings. The summed E-state index contributed by atoms with van der Waals surface area (Å²) in [4.78, 5) is 38.0. The van der Waals surface area contributed by atoms with Gasteiger partial charge in [-0.3, -0.25) is 4.79 Å². The number of allylic oxidation sites excluding steroid dienone is 1. The SMILES string of the molecule is C=CCn1c(=O)c2cnc(Nc3ccc(N4CCOCC4)cc3)nc2n1-c1cccc(-c2ncccn2)n1. The molecule has 6 rings (SSSR count). The van der Waals surface area contributed by atoms with Crippen molar-refractivity contribution in [3.05, 3.63) is 90.1 Å². The van der Waals surface area contributed by atoms with E-state index >= 15 is 0 Å². The third-order valence-corrected chi connectivity index (χ3v) is 6.22. The largest absolute Gasteiger partial charge is 0.378 e. The van der Waals surface area contributed by atoms with Crippen LogP contribution in [0.15, 0.2) is 84.6 Å². The number of ether oxygens (including phenoxy) is 1. The van der Waals surface area contributed by atoms with Gasteiger partial charge in [-0.15, -0.1) is 6.58 Å². The van der Waals surface area contributed by atoms with Crippen molar-refractivity contribution in [1.82, 2.24) is 34.3 Å². The van der Waals surface area contributed by atoms with Crippen LogP contribution in [0, 0.1) is 0 Å². The first-order valence-corrected chi connectivity index (χ1v) is 12.3. The highest BCUT2D eigenvalue weighted by Crippen LogP contribution is 2.23. The fourth-order valence-corrected chi connectivity index (χ4v) is 4.41. The Kier molecular flexibility index (Phi) is 6.32. The summed E-state index contributed by atoms with van der Waals surface area (Å²) in [7, 11) is 0. The van der Waals surface area contributed by atoms with Gasteiger partial charge in [0.2, 0.25) is 5.95 Å². The van der Waals surface area contributed by atoms with Crippen LogP contribution in [0.2, 0.25) is 0 Å². The molecule has 1 saturated heterocycles. The molecule has 190 valence electrons. The van der Waals surface area contributed by atoms with Crippen LogP contribution in [-0.2, 0) is 11.3 Å². The van der Waals surface area contributed by atoms with E-state index in [1.165, 1.54) is 10.9 Å². The van der Waals surface area contributed by atoms with Crippen molar-refractivity contribution >= 4 is 28.4 Å². The molecule has 0 aliphatic carbocycles. The van der Waals surface area contributed by atoms with Crippen molar-refractivity contribution in [3.63, 3.8) is 0 Å². The van der Waals surface area contributed by atoms with Crippen LogP contribution in [-0.4, -0.2) is 60.6 Å². The van der Waals surface area contributed by atoms with Crippen LogP contribution >= 0.6 is 0 Å². The highest BCUT2D eigenvalue weighted by Gasteiger charge is 2.19. The molecular weight excluding hydrogens is 482 g/mol. The molecule has 1 aliphatic rings. The number of benzene rings is 1. The van der Waals surface area contributed by atoms with Gasteiger partial charge in [-0.05, 0) is 42.5 Å². The molecule has 0 amide bonds. The summed E-state index contributed by atoms with van der Waals surface area (Å²) >= 11 is 0. The standard InChI is InChI=1S/C27H25N9O2/c1-2-13-35-26(37)21-18-30-27(31-19-7-9-20(10-8-19)34-14-16-38-17-15-34)33-25(21)36(35)23-6-3-5-22(32-23)24-28-11-4-12-29-24/h2-12,18H,1,13-17H2,(H,30,31,33). The lowest BCUT2D eigenvalue weighted by Gasteiger charge is -2.28. The molecular formula is C27H25N9O2. The van der Waals surface area contributed by atoms with Crippen molar-refractivity contribution in [1.29, 1.82) is 0 Å². The van der Waals surface area contributed by atoms with Crippen molar-refractivity contribution in [2.75, 3.05) is 36.5 Å². The Morgan fingerprint density at radius 3 is 2.53 bits per heavy atom. The number of morpholine rings is 1. The molecule has 0 atom stereocenters. The number of pyridine rings is 1. The number of hydrogen-bond donors (Lipinski definition) is 1. The van der Waals surface area contributed by atoms with Gasteiger partial charge in [-0.2, -0.15) is 4.98 Å². The molecule has 0 spiro atoms. The van der Waals surface area contributed by atoms with E-state index in [1.54, 1.807) is 29.2 Å². The van der Waals surface area contributed by atoms with E-state index < -0.39 is 0 Å². The molecule has 1 aliphatic heterocycles. The van der Waals surface area contributed by atoms with Crippen LogP contribution in [0.3, 0.4) is 0 Å². The van der Waals surface area contributed by atoms with E-state index in [0.717, 1.165) is 37.7 Å². The topological polar surface area (TPSA) is 116 Å². The van der Waals surface area contributed by atoms with Gasteiger partial charge in [0, 0.05) is 43.1 Å². The second-order valence-electron chi connectivity index (χ2n) is 8.64. The average molecular weight is 508 g/mol. The lowest BCUT2D eigenvalue weighted by atomic mass is 10.2. The minimum atomic E-state index is -0.232. The van der Waals surface area contributed by atoms with Crippen molar-refractivity contribution in [2.45, 2.75) is 6.54 Å². The second-order valence-corrected chi connectivity index (χ2v) is 8.64. The summed E-state index contributed by atoms with van der Waals surface area (Å²) in [6, 6.07) is 15.3. The van der Waals surface area contributed by atoms with Crippen molar-refractivity contribution in [3.8, 4) is 17.3 Å². The Morgan fingerprint density at radius 1 is 0.974 bits per heavy atom. The number of rotatable bonds is 7. The van der Waals surface area contributed by atoms with Crippen molar-refractivity contribution < 1.29 is 4.74 Å². The number of fused-ring (bicyclic) bond motifs is 1. The Bertz CT molecular complexity index is 1640. The molecule has 11 heteroatoms. The molecule has 4 aromatic heterocycles. The summed E-state index contributed by atoms with van der Waals surface area (Å²) in [6.07, 6.45) is 6.51. The van der Waals surface area contributed by atoms with E-state index in [-0.39, 0.29) is 12.1 Å². The van der Waals surface area contributed by atoms with Gasteiger partial charge in [-0.25, -0.2) is 29.3 Å². The van der Waals surface area contributed by atoms with Crippen molar-refractivity contribution in [2.24, 2.45) is 0 Å². The maximum absolute atomic E-state index is 13.3. The third-order valence-electron chi connectivity index (χ3n) is 6.22. The molecule has 38 heavy (non-hydrogen) atoms. The zero-order valence-electron chi connectivity index (χ0n) is 20.6. The van der Waals surface area contributed by atoms with Crippen LogP contribution in [0.5, 0.6) is 0 Å². The zero-order chi connectivity index (χ0) is 25.9. The number of aromatic nitrogens is 7. The lowest BCUT2D eigenvalue weighted by Crippen LogP contribution is -2.36. The summed E-state index contributed by atoms with van der Waals surface area (Å²) in [5, 5.41) is 3.63. The Balaban J connectivity index is 1.38. The first-order chi connectivity index (χ1) is 18.7. The van der Waals surface area contributed by atoms with Gasteiger partial charge < -0.3 is 15.0 Å². The van der Waals surface area contributed by atoms with Gasteiger partial charge in [0.25, 0.3) is 5.56 Å². The maximum atomic E-state index is 13.3. The van der Waals surface area contributed by atoms with Crippen LogP contribution in [0.25, 0.3) is 28.4 Å². The van der Waals surface area contributed by atoms with Gasteiger partial charge in [0.15, 0.2) is 17.3 Å². The predicted octanol–water partition coefficient (Wildman–Crippen LogP) is 3.20. The second kappa shape index (κ2) is 10.2. The van der Waals surface area contributed by atoms with Crippen LogP contribution < -0.4 is 15.8 Å². The first kappa shape index (κ1) is 23.5. The molecule has 1 fully saturated rings. The number of hydrogen-bond acceptors (Lipinski definition) is 9. The molecule has 0 bridgehead atoms. The van der Waals surface area contributed by atoms with Gasteiger partial charge in [0.1, 0.15) is 11.1 Å². The fourth-order valence-electron chi connectivity index (χ4n) is 4.41. The lowest BCUT2D eigenvalue weighted by molar-refractivity contribution is 0.122. The number of nitrogens with one attached hydrogen (secondary N) is 1. The maximum Gasteiger partial charge on any atom is 0.278 e. The molecule has 11 nitrogen and oxygen atoms in total. The summed E-state index contributed by atoms with van der Waals surface area (Å²) in [6.45, 7) is 7.29. The Morgan fingerprint density at radius 2 is 1.76 bits per heavy atom. The van der Waals surface area contributed by atoms with E-state index in [2.05, 4.69) is 43.9 Å². The van der Waals surface area contributed by atoms with E-state index in [9.17, 15) is 4.79 Å². The number of nitrogens with zero attached hydrogens (tertiary/aromatic N) is 8. The summed E-state index contributed by atoms with van der Waals surface area (Å²) in [5.41, 5.74) is 2.75. The fraction of sp³-hybridized carbons (Fsp3) is 0.185. The molecule has 1 aromatic carbocycles. The summed E-state index contributed by atoms with van der Waals surface area (Å²) < 4.78 is 8.66. The van der Waals surface area contributed by atoms with Gasteiger partial charge in [0.05, 0.1) is 19.8 Å². The Labute approximate surface area is 218 Å². The highest BCUT2D eigenvalue weighted by molar-refractivity contribution is 5.77. The predicted molar refractivity (Wildman–Crippen MR) is 145 cm³/mol. The minimum absolute atomic E-state index is 0.232. The third kappa shape index (κ3) is 4.50. The normalized spacial score (nSPS) is 13.5. The quantitative estimate of drug-likeness (QED) is 0.332. The number of anilines is 3. The van der Waals surface area contributed by atoms with E-state index in [4.69, 9.17) is 14.7 Å². The van der Waals surface area contributed by atoms with Crippen LogP contribution in [0.4, 0.5) is 17.3 Å². The Hall–Kier alpha value is -4.90. The monoisotopic (exact) mass is 507 g/mol. The zero-order valence-corrected chi connectivity index (χ0v) is 20.6. The highest BCUT2D eigenvalue weighted by atomic mass is 16.5. The minimum Gasteiger partial charge on any atom is -0.378 e. The summed E-state index contributed by atoms with van der Waals surface area (Å²) in [5.74, 6) is 1.35.